The molecule has 2 nitrogen and oxygen atoms in total. The van der Waals surface area contributed by atoms with Crippen LogP contribution < -0.4 is 5.32 Å². The minimum absolute atomic E-state index is 0.989. The van der Waals surface area contributed by atoms with E-state index in [1.54, 1.807) is 0 Å². The standard InChI is InChI=1S/C21H40N2/c1-2-3-4-5-6-7-8-9-10-11-12-13-14-15-16-17-18-21-22-19-20-23-21/h8-9H,2-7,10-20H2,1H3,(H,22,23)/b9-8+. The molecule has 0 spiro atoms. The molecule has 23 heavy (non-hydrogen) atoms. The number of amidine groups is 1. The number of aliphatic imine (C=N–C) groups is 1. The third-order valence-electron chi connectivity index (χ3n) is 4.67. The van der Waals surface area contributed by atoms with Crippen LogP contribution in [0.2, 0.25) is 0 Å². The van der Waals surface area contributed by atoms with Gasteiger partial charge >= 0.3 is 0 Å². The van der Waals surface area contributed by atoms with Crippen LogP contribution in [-0.4, -0.2) is 18.9 Å². The molecule has 2 heteroatoms. The maximum Gasteiger partial charge on any atom is 0.0964 e. The average Bonchev–Trinajstić information content (AvgIpc) is 3.08. The fourth-order valence-electron chi connectivity index (χ4n) is 3.15. The first kappa shape index (κ1) is 20.3. The van der Waals surface area contributed by atoms with Gasteiger partial charge in [-0.25, -0.2) is 0 Å². The van der Waals surface area contributed by atoms with Crippen molar-refractivity contribution in [3.63, 3.8) is 0 Å². The van der Waals surface area contributed by atoms with Gasteiger partial charge in [-0.15, -0.1) is 0 Å². The number of unbranched alkanes of at least 4 members (excludes halogenated alkanes) is 12. The van der Waals surface area contributed by atoms with Crippen LogP contribution >= 0.6 is 0 Å². The fraction of sp³-hybridized carbons (Fsp3) is 0.857. The molecule has 1 aliphatic heterocycles. The van der Waals surface area contributed by atoms with Gasteiger partial charge in [0, 0.05) is 13.0 Å². The van der Waals surface area contributed by atoms with E-state index in [1.165, 1.54) is 102 Å². The summed E-state index contributed by atoms with van der Waals surface area (Å²) in [7, 11) is 0. The lowest BCUT2D eigenvalue weighted by atomic mass is 10.1. The SMILES string of the molecule is CCCCCCC/C=C/CCCCCCCCCC1=NCCN1. The van der Waals surface area contributed by atoms with E-state index >= 15 is 0 Å². The molecule has 1 aliphatic rings. The smallest absolute Gasteiger partial charge is 0.0964 e. The summed E-state index contributed by atoms with van der Waals surface area (Å²) in [5.74, 6) is 1.25. The van der Waals surface area contributed by atoms with Crippen molar-refractivity contribution in [2.75, 3.05) is 13.1 Å². The molecular weight excluding hydrogens is 280 g/mol. The summed E-state index contributed by atoms with van der Waals surface area (Å²) in [4.78, 5) is 4.44. The van der Waals surface area contributed by atoms with Crippen molar-refractivity contribution in [3.05, 3.63) is 12.2 Å². The third kappa shape index (κ3) is 13.4. The van der Waals surface area contributed by atoms with Gasteiger partial charge in [0.05, 0.1) is 12.4 Å². The molecule has 0 fully saturated rings. The Bertz CT molecular complexity index is 307. The summed E-state index contributed by atoms with van der Waals surface area (Å²) in [6, 6.07) is 0. The second-order valence-corrected chi connectivity index (χ2v) is 6.94. The zero-order chi connectivity index (χ0) is 16.4. The highest BCUT2D eigenvalue weighted by Crippen LogP contribution is 2.11. The Hall–Kier alpha value is -0.790. The lowest BCUT2D eigenvalue weighted by Crippen LogP contribution is -2.17. The molecule has 0 amide bonds. The van der Waals surface area contributed by atoms with Crippen molar-refractivity contribution in [2.45, 2.75) is 103 Å². The minimum Gasteiger partial charge on any atom is -0.372 e. The lowest BCUT2D eigenvalue weighted by molar-refractivity contribution is 0.585. The van der Waals surface area contributed by atoms with Gasteiger partial charge in [-0.2, -0.15) is 0 Å². The molecule has 0 unspecified atom stereocenters. The molecule has 0 aromatic carbocycles. The molecule has 134 valence electrons. The van der Waals surface area contributed by atoms with E-state index in [0.717, 1.165) is 13.1 Å². The molecule has 1 N–H and O–H groups in total. The van der Waals surface area contributed by atoms with Crippen LogP contribution in [-0.2, 0) is 0 Å². The highest BCUT2D eigenvalue weighted by molar-refractivity contribution is 5.83. The predicted molar refractivity (Wildman–Crippen MR) is 104 cm³/mol. The van der Waals surface area contributed by atoms with Gasteiger partial charge in [-0.3, -0.25) is 4.99 Å². The molecule has 1 heterocycles. The van der Waals surface area contributed by atoms with Crippen molar-refractivity contribution in [1.29, 1.82) is 0 Å². The van der Waals surface area contributed by atoms with Gasteiger partial charge in [-0.1, -0.05) is 76.9 Å². The van der Waals surface area contributed by atoms with Crippen LogP contribution in [0.4, 0.5) is 0 Å². The van der Waals surface area contributed by atoms with Crippen LogP contribution in [0.5, 0.6) is 0 Å². The Balaban J connectivity index is 1.71. The normalized spacial score (nSPS) is 14.4. The van der Waals surface area contributed by atoms with Crippen LogP contribution in [0.25, 0.3) is 0 Å². The summed E-state index contributed by atoms with van der Waals surface area (Å²) in [5, 5.41) is 3.35. The van der Waals surface area contributed by atoms with Gasteiger partial charge in [0.2, 0.25) is 0 Å². The van der Waals surface area contributed by atoms with E-state index in [0.29, 0.717) is 0 Å². The van der Waals surface area contributed by atoms with Crippen molar-refractivity contribution in [2.24, 2.45) is 4.99 Å². The highest BCUT2D eigenvalue weighted by Gasteiger charge is 2.03. The van der Waals surface area contributed by atoms with Crippen molar-refractivity contribution in [3.8, 4) is 0 Å². The second-order valence-electron chi connectivity index (χ2n) is 6.94. The first-order valence-corrected chi connectivity index (χ1v) is 10.4. The van der Waals surface area contributed by atoms with E-state index in [-0.39, 0.29) is 0 Å². The number of nitrogens with zero attached hydrogens (tertiary/aromatic N) is 1. The molecule has 0 saturated carbocycles. The molecule has 1 rings (SSSR count). The third-order valence-corrected chi connectivity index (χ3v) is 4.67. The van der Waals surface area contributed by atoms with Crippen LogP contribution in [0.3, 0.4) is 0 Å². The van der Waals surface area contributed by atoms with Crippen molar-refractivity contribution < 1.29 is 0 Å². The largest absolute Gasteiger partial charge is 0.372 e. The van der Waals surface area contributed by atoms with Gasteiger partial charge in [0.25, 0.3) is 0 Å². The Morgan fingerprint density at radius 1 is 0.783 bits per heavy atom. The first-order valence-electron chi connectivity index (χ1n) is 10.4. The van der Waals surface area contributed by atoms with Gasteiger partial charge in [0.15, 0.2) is 0 Å². The van der Waals surface area contributed by atoms with E-state index in [4.69, 9.17) is 0 Å². The Morgan fingerprint density at radius 3 is 1.91 bits per heavy atom. The number of hydrogen-bond acceptors (Lipinski definition) is 2. The van der Waals surface area contributed by atoms with Gasteiger partial charge in [-0.05, 0) is 32.1 Å². The van der Waals surface area contributed by atoms with Crippen LogP contribution in [0.15, 0.2) is 17.1 Å². The Morgan fingerprint density at radius 2 is 1.35 bits per heavy atom. The summed E-state index contributed by atoms with van der Waals surface area (Å²) in [6.07, 6.45) is 25.3. The molecule has 0 saturated heterocycles. The maximum atomic E-state index is 4.44. The van der Waals surface area contributed by atoms with Crippen molar-refractivity contribution in [1.82, 2.24) is 5.32 Å². The number of allylic oxidation sites excluding steroid dienone is 2. The van der Waals surface area contributed by atoms with E-state index in [2.05, 4.69) is 29.4 Å². The average molecular weight is 321 g/mol. The van der Waals surface area contributed by atoms with Gasteiger partial charge in [0.1, 0.15) is 0 Å². The Kier molecular flexibility index (Phi) is 14.2. The van der Waals surface area contributed by atoms with E-state index < -0.39 is 0 Å². The number of nitrogens with one attached hydrogen (secondary N) is 1. The molecule has 0 aromatic rings. The first-order chi connectivity index (χ1) is 11.4. The van der Waals surface area contributed by atoms with Crippen LogP contribution in [0, 0.1) is 0 Å². The fourth-order valence-corrected chi connectivity index (χ4v) is 3.15. The maximum absolute atomic E-state index is 4.44. The quantitative estimate of drug-likeness (QED) is 0.258. The molecule has 0 bridgehead atoms. The summed E-state index contributed by atoms with van der Waals surface area (Å²) in [6.45, 7) is 4.33. The molecule has 0 aromatic heterocycles. The zero-order valence-corrected chi connectivity index (χ0v) is 15.6. The van der Waals surface area contributed by atoms with E-state index in [1.807, 2.05) is 0 Å². The lowest BCUT2D eigenvalue weighted by Gasteiger charge is -2.03. The molecule has 0 atom stereocenters. The minimum atomic E-state index is 0.989. The molecule has 0 radical (unpaired) electrons. The number of rotatable bonds is 16. The molecule has 0 aliphatic carbocycles. The molecular formula is C21H40N2. The monoisotopic (exact) mass is 320 g/mol. The number of hydrogen-bond donors (Lipinski definition) is 1. The second kappa shape index (κ2) is 16.1. The summed E-state index contributed by atoms with van der Waals surface area (Å²) >= 11 is 0. The predicted octanol–water partition coefficient (Wildman–Crippen LogP) is 6.42. The van der Waals surface area contributed by atoms with Crippen LogP contribution in [0.1, 0.15) is 103 Å². The highest BCUT2D eigenvalue weighted by atomic mass is 15.1. The summed E-state index contributed by atoms with van der Waals surface area (Å²) < 4.78 is 0. The zero-order valence-electron chi connectivity index (χ0n) is 15.6. The Labute approximate surface area is 145 Å². The van der Waals surface area contributed by atoms with E-state index in [9.17, 15) is 0 Å². The van der Waals surface area contributed by atoms with Crippen molar-refractivity contribution >= 4 is 5.84 Å². The summed E-state index contributed by atoms with van der Waals surface area (Å²) in [5.41, 5.74) is 0. The van der Waals surface area contributed by atoms with Gasteiger partial charge < -0.3 is 5.32 Å². The topological polar surface area (TPSA) is 24.4 Å².